The lowest BCUT2D eigenvalue weighted by Crippen LogP contribution is -2.25. The number of ether oxygens (including phenoxy) is 1. The molecule has 62 valence electrons. The van der Waals surface area contributed by atoms with Gasteiger partial charge in [-0.3, -0.25) is 0 Å². The van der Waals surface area contributed by atoms with Crippen LogP contribution in [0.1, 0.15) is 27.2 Å². The highest BCUT2D eigenvalue weighted by Gasteiger charge is 2.03. The van der Waals surface area contributed by atoms with Crippen molar-refractivity contribution in [3.8, 4) is 0 Å². The minimum atomic E-state index is 0.650. The van der Waals surface area contributed by atoms with Gasteiger partial charge < -0.3 is 10.1 Å². The fourth-order valence-electron chi connectivity index (χ4n) is 0.842. The average molecular weight is 145 g/mol. The number of hydrogen-bond donors (Lipinski definition) is 1. The smallest absolute Gasteiger partial charge is 0.0591 e. The summed E-state index contributed by atoms with van der Waals surface area (Å²) in [5, 5.41) is 3.32. The van der Waals surface area contributed by atoms with Crippen molar-refractivity contribution in [2.24, 2.45) is 0 Å². The molecule has 0 amide bonds. The molecule has 10 heavy (non-hydrogen) atoms. The molecule has 1 fully saturated rings. The van der Waals surface area contributed by atoms with E-state index in [-0.39, 0.29) is 0 Å². The van der Waals surface area contributed by atoms with E-state index >= 15 is 0 Å². The number of rotatable bonds is 0. The average Bonchev–Trinajstić information content (AvgIpc) is 2.21. The lowest BCUT2D eigenvalue weighted by atomic mass is 10.2. The zero-order valence-corrected chi connectivity index (χ0v) is 7.31. The zero-order chi connectivity index (χ0) is 7.82. The van der Waals surface area contributed by atoms with Crippen LogP contribution in [-0.4, -0.2) is 25.8 Å². The second-order valence-electron chi connectivity index (χ2n) is 2.26. The Morgan fingerprint density at radius 1 is 1.30 bits per heavy atom. The molecule has 1 rings (SSSR count). The van der Waals surface area contributed by atoms with Crippen molar-refractivity contribution in [2.45, 2.75) is 33.2 Å². The van der Waals surface area contributed by atoms with Gasteiger partial charge in [0.05, 0.1) is 6.61 Å². The van der Waals surface area contributed by atoms with Crippen molar-refractivity contribution >= 4 is 0 Å². The molecule has 2 heteroatoms. The maximum absolute atomic E-state index is 5.20. The molecule has 0 radical (unpaired) electrons. The van der Waals surface area contributed by atoms with E-state index in [9.17, 15) is 0 Å². The molecular formula is C8H19NO. The molecule has 0 aromatic rings. The first-order valence-corrected chi connectivity index (χ1v) is 4.21. The van der Waals surface area contributed by atoms with E-state index in [4.69, 9.17) is 4.74 Å². The van der Waals surface area contributed by atoms with Gasteiger partial charge in [-0.05, 0) is 13.3 Å². The van der Waals surface area contributed by atoms with Crippen LogP contribution in [-0.2, 0) is 4.74 Å². The Bertz CT molecular complexity index is 58.3. The Balaban J connectivity index is 0.000000371. The second-order valence-corrected chi connectivity index (χ2v) is 2.26. The first-order chi connectivity index (χ1) is 4.89. The highest BCUT2D eigenvalue weighted by atomic mass is 16.5. The molecule has 1 N–H and O–H groups in total. The normalized spacial score (nSPS) is 26.1. The lowest BCUT2D eigenvalue weighted by Gasteiger charge is -2.05. The Morgan fingerprint density at radius 2 is 2.00 bits per heavy atom. The molecule has 0 saturated carbocycles. The SMILES string of the molecule is CC.CC1CCOCCN1. The van der Waals surface area contributed by atoms with Crippen LogP contribution in [0.5, 0.6) is 0 Å². The summed E-state index contributed by atoms with van der Waals surface area (Å²) in [7, 11) is 0. The van der Waals surface area contributed by atoms with E-state index < -0.39 is 0 Å². The number of hydrogen-bond acceptors (Lipinski definition) is 2. The van der Waals surface area contributed by atoms with E-state index in [0.717, 1.165) is 26.2 Å². The molecule has 1 aliphatic rings. The molecule has 1 saturated heterocycles. The van der Waals surface area contributed by atoms with Crippen LogP contribution in [0, 0.1) is 0 Å². The van der Waals surface area contributed by atoms with Crippen molar-refractivity contribution in [2.75, 3.05) is 19.8 Å². The minimum absolute atomic E-state index is 0.650. The Morgan fingerprint density at radius 3 is 2.70 bits per heavy atom. The summed E-state index contributed by atoms with van der Waals surface area (Å²) < 4.78 is 5.20. The Kier molecular flexibility index (Phi) is 6.98. The first kappa shape index (κ1) is 9.92. The van der Waals surface area contributed by atoms with Gasteiger partial charge in [0.2, 0.25) is 0 Å². The van der Waals surface area contributed by atoms with Gasteiger partial charge in [0.25, 0.3) is 0 Å². The molecule has 1 unspecified atom stereocenters. The molecule has 0 bridgehead atoms. The standard InChI is InChI=1S/C6H13NO.C2H6/c1-6-2-4-8-5-3-7-6;1-2/h6-7H,2-5H2,1H3;1-2H3. The fraction of sp³-hybridized carbons (Fsp3) is 1.00. The highest BCUT2D eigenvalue weighted by molar-refractivity contribution is 4.62. The predicted octanol–water partition coefficient (Wildman–Crippen LogP) is 1.41. The predicted molar refractivity (Wildman–Crippen MR) is 44.2 cm³/mol. The summed E-state index contributed by atoms with van der Waals surface area (Å²) in [6, 6.07) is 0.650. The molecule has 1 heterocycles. The maximum atomic E-state index is 5.20. The van der Waals surface area contributed by atoms with Crippen LogP contribution < -0.4 is 5.32 Å². The molecular weight excluding hydrogens is 126 g/mol. The third-order valence-electron chi connectivity index (χ3n) is 1.43. The summed E-state index contributed by atoms with van der Waals surface area (Å²) in [5.41, 5.74) is 0. The lowest BCUT2D eigenvalue weighted by molar-refractivity contribution is 0.150. The van der Waals surface area contributed by atoms with E-state index in [2.05, 4.69) is 12.2 Å². The topological polar surface area (TPSA) is 21.3 Å². The van der Waals surface area contributed by atoms with Crippen LogP contribution in [0.2, 0.25) is 0 Å². The molecule has 1 atom stereocenters. The van der Waals surface area contributed by atoms with Gasteiger partial charge in [0.1, 0.15) is 0 Å². The molecule has 0 spiro atoms. The third-order valence-corrected chi connectivity index (χ3v) is 1.43. The van der Waals surface area contributed by atoms with Gasteiger partial charge in [0.15, 0.2) is 0 Å². The summed E-state index contributed by atoms with van der Waals surface area (Å²) in [5.74, 6) is 0. The van der Waals surface area contributed by atoms with Crippen molar-refractivity contribution in [1.29, 1.82) is 0 Å². The highest BCUT2D eigenvalue weighted by Crippen LogP contribution is 1.94. The second kappa shape index (κ2) is 7.03. The summed E-state index contributed by atoms with van der Waals surface area (Å²) in [6.07, 6.45) is 1.15. The molecule has 0 aromatic carbocycles. The summed E-state index contributed by atoms with van der Waals surface area (Å²) in [4.78, 5) is 0. The molecule has 2 nitrogen and oxygen atoms in total. The monoisotopic (exact) mass is 145 g/mol. The summed E-state index contributed by atoms with van der Waals surface area (Å²) >= 11 is 0. The fourth-order valence-corrected chi connectivity index (χ4v) is 0.842. The van der Waals surface area contributed by atoms with Crippen LogP contribution in [0.25, 0.3) is 0 Å². The van der Waals surface area contributed by atoms with E-state index in [1.54, 1.807) is 0 Å². The van der Waals surface area contributed by atoms with Gasteiger partial charge in [-0.15, -0.1) is 0 Å². The first-order valence-electron chi connectivity index (χ1n) is 4.21. The van der Waals surface area contributed by atoms with Crippen molar-refractivity contribution in [3.05, 3.63) is 0 Å². The van der Waals surface area contributed by atoms with Gasteiger partial charge in [-0.1, -0.05) is 13.8 Å². The Labute approximate surface area is 64.0 Å². The van der Waals surface area contributed by atoms with Gasteiger partial charge in [0, 0.05) is 19.2 Å². The van der Waals surface area contributed by atoms with Crippen molar-refractivity contribution in [3.63, 3.8) is 0 Å². The molecule has 0 aliphatic carbocycles. The third kappa shape index (κ3) is 4.77. The quantitative estimate of drug-likeness (QED) is 0.556. The largest absolute Gasteiger partial charge is 0.380 e. The Hall–Kier alpha value is -0.0800. The zero-order valence-electron chi connectivity index (χ0n) is 7.31. The van der Waals surface area contributed by atoms with Crippen LogP contribution >= 0.6 is 0 Å². The van der Waals surface area contributed by atoms with Crippen LogP contribution in [0.4, 0.5) is 0 Å². The summed E-state index contributed by atoms with van der Waals surface area (Å²) in [6.45, 7) is 9.01. The van der Waals surface area contributed by atoms with E-state index in [0.29, 0.717) is 6.04 Å². The van der Waals surface area contributed by atoms with Gasteiger partial charge >= 0.3 is 0 Å². The maximum Gasteiger partial charge on any atom is 0.0591 e. The number of nitrogens with one attached hydrogen (secondary N) is 1. The van der Waals surface area contributed by atoms with E-state index in [1.807, 2.05) is 13.8 Å². The van der Waals surface area contributed by atoms with Crippen molar-refractivity contribution < 1.29 is 4.74 Å². The minimum Gasteiger partial charge on any atom is -0.380 e. The van der Waals surface area contributed by atoms with Gasteiger partial charge in [-0.25, -0.2) is 0 Å². The molecule has 0 aromatic heterocycles. The van der Waals surface area contributed by atoms with Gasteiger partial charge in [-0.2, -0.15) is 0 Å². The van der Waals surface area contributed by atoms with Crippen molar-refractivity contribution in [1.82, 2.24) is 5.32 Å². The van der Waals surface area contributed by atoms with Crippen LogP contribution in [0.3, 0.4) is 0 Å². The van der Waals surface area contributed by atoms with Crippen LogP contribution in [0.15, 0.2) is 0 Å². The van der Waals surface area contributed by atoms with E-state index in [1.165, 1.54) is 0 Å². The molecule has 1 aliphatic heterocycles.